The highest BCUT2D eigenvalue weighted by Gasteiger charge is 2.31. The largest absolute Gasteiger partial charge is 0.394 e. The molecule has 0 spiro atoms. The third-order valence-electron chi connectivity index (χ3n) is 3.15. The first-order valence-electron chi connectivity index (χ1n) is 5.15. The van der Waals surface area contributed by atoms with E-state index in [0.29, 0.717) is 0 Å². The maximum atomic E-state index is 9.36. The fourth-order valence-corrected chi connectivity index (χ4v) is 2.26. The number of hydrogen-bond acceptors (Lipinski definition) is 2. The van der Waals surface area contributed by atoms with Crippen LogP contribution in [0.2, 0.25) is 0 Å². The standard InChI is InChI=1S/C12H17NO/c1-9-4-5-10-3-2-6-12(13,8-14)11(10)7-9/h4-5,7,14H,2-3,6,8,13H2,1H3. The molecule has 0 saturated carbocycles. The van der Waals surface area contributed by atoms with Gasteiger partial charge in [-0.25, -0.2) is 0 Å². The Morgan fingerprint density at radius 2 is 2.29 bits per heavy atom. The molecule has 1 aromatic carbocycles. The van der Waals surface area contributed by atoms with Crippen LogP contribution in [0.25, 0.3) is 0 Å². The summed E-state index contributed by atoms with van der Waals surface area (Å²) < 4.78 is 0. The smallest absolute Gasteiger partial charge is 0.0653 e. The molecule has 2 nitrogen and oxygen atoms in total. The molecule has 0 saturated heterocycles. The topological polar surface area (TPSA) is 46.2 Å². The summed E-state index contributed by atoms with van der Waals surface area (Å²) in [6.45, 7) is 2.11. The SMILES string of the molecule is Cc1ccc2c(c1)C(N)(CO)CCC2. The van der Waals surface area contributed by atoms with E-state index in [4.69, 9.17) is 5.73 Å². The highest BCUT2D eigenvalue weighted by Crippen LogP contribution is 2.33. The van der Waals surface area contributed by atoms with Crippen molar-refractivity contribution in [2.24, 2.45) is 5.73 Å². The second-order valence-corrected chi connectivity index (χ2v) is 4.33. The Hall–Kier alpha value is -0.860. The Kier molecular flexibility index (Phi) is 2.33. The normalized spacial score (nSPS) is 25.9. The summed E-state index contributed by atoms with van der Waals surface area (Å²) in [5, 5.41) is 9.36. The van der Waals surface area contributed by atoms with Crippen LogP contribution in [0.15, 0.2) is 18.2 Å². The van der Waals surface area contributed by atoms with Gasteiger partial charge in [-0.15, -0.1) is 0 Å². The summed E-state index contributed by atoms with van der Waals surface area (Å²) in [7, 11) is 0. The van der Waals surface area contributed by atoms with Crippen LogP contribution in [0.5, 0.6) is 0 Å². The van der Waals surface area contributed by atoms with Gasteiger partial charge >= 0.3 is 0 Å². The van der Waals surface area contributed by atoms with Crippen molar-refractivity contribution in [3.05, 3.63) is 34.9 Å². The van der Waals surface area contributed by atoms with Crippen molar-refractivity contribution < 1.29 is 5.11 Å². The zero-order chi connectivity index (χ0) is 10.2. The highest BCUT2D eigenvalue weighted by atomic mass is 16.3. The molecule has 1 aromatic rings. The molecule has 0 aliphatic heterocycles. The third-order valence-corrected chi connectivity index (χ3v) is 3.15. The molecule has 0 aromatic heterocycles. The van der Waals surface area contributed by atoms with E-state index < -0.39 is 5.54 Å². The van der Waals surface area contributed by atoms with Gasteiger partial charge in [0, 0.05) is 0 Å². The maximum Gasteiger partial charge on any atom is 0.0653 e. The zero-order valence-corrected chi connectivity index (χ0v) is 8.59. The van der Waals surface area contributed by atoms with Crippen LogP contribution in [0.4, 0.5) is 0 Å². The summed E-state index contributed by atoms with van der Waals surface area (Å²) in [4.78, 5) is 0. The van der Waals surface area contributed by atoms with Crippen LogP contribution in [-0.4, -0.2) is 11.7 Å². The van der Waals surface area contributed by atoms with Crippen molar-refractivity contribution >= 4 is 0 Å². The number of fused-ring (bicyclic) bond motifs is 1. The Morgan fingerprint density at radius 3 is 3.00 bits per heavy atom. The van der Waals surface area contributed by atoms with E-state index in [2.05, 4.69) is 25.1 Å². The van der Waals surface area contributed by atoms with Gasteiger partial charge in [-0.05, 0) is 37.3 Å². The lowest BCUT2D eigenvalue weighted by molar-refractivity contribution is 0.179. The summed E-state index contributed by atoms with van der Waals surface area (Å²) in [6.07, 6.45) is 3.06. The van der Waals surface area contributed by atoms with Gasteiger partial charge in [0.25, 0.3) is 0 Å². The number of aliphatic hydroxyl groups is 1. The molecule has 1 aliphatic rings. The zero-order valence-electron chi connectivity index (χ0n) is 8.59. The average Bonchev–Trinajstić information content (AvgIpc) is 2.20. The van der Waals surface area contributed by atoms with Crippen LogP contribution in [0.3, 0.4) is 0 Å². The molecule has 0 bridgehead atoms. The molecule has 0 heterocycles. The molecule has 1 aliphatic carbocycles. The van der Waals surface area contributed by atoms with E-state index in [1.54, 1.807) is 0 Å². The van der Waals surface area contributed by atoms with E-state index in [-0.39, 0.29) is 6.61 Å². The molecule has 1 unspecified atom stereocenters. The number of nitrogens with two attached hydrogens (primary N) is 1. The Balaban J connectivity index is 2.52. The minimum Gasteiger partial charge on any atom is -0.394 e. The van der Waals surface area contributed by atoms with Crippen molar-refractivity contribution in [3.63, 3.8) is 0 Å². The lowest BCUT2D eigenvalue weighted by Gasteiger charge is -2.34. The number of aliphatic hydroxyl groups excluding tert-OH is 1. The summed E-state index contributed by atoms with van der Waals surface area (Å²) >= 11 is 0. The van der Waals surface area contributed by atoms with Gasteiger partial charge < -0.3 is 10.8 Å². The minimum absolute atomic E-state index is 0.0451. The Morgan fingerprint density at radius 1 is 1.50 bits per heavy atom. The van der Waals surface area contributed by atoms with E-state index in [1.807, 2.05) is 0 Å². The molecule has 0 amide bonds. The number of aryl methyl sites for hydroxylation is 2. The molecule has 0 fully saturated rings. The molecule has 2 rings (SSSR count). The lowest BCUT2D eigenvalue weighted by Crippen LogP contribution is -2.43. The first-order valence-corrected chi connectivity index (χ1v) is 5.15. The monoisotopic (exact) mass is 191 g/mol. The second kappa shape index (κ2) is 3.37. The van der Waals surface area contributed by atoms with Gasteiger partial charge in [-0.1, -0.05) is 23.8 Å². The van der Waals surface area contributed by atoms with E-state index in [9.17, 15) is 5.11 Å². The predicted molar refractivity (Wildman–Crippen MR) is 57.1 cm³/mol. The minimum atomic E-state index is -0.500. The maximum absolute atomic E-state index is 9.36. The molecule has 2 heteroatoms. The fourth-order valence-electron chi connectivity index (χ4n) is 2.26. The lowest BCUT2D eigenvalue weighted by atomic mass is 9.77. The molecule has 0 radical (unpaired) electrons. The van der Waals surface area contributed by atoms with Crippen molar-refractivity contribution in [1.82, 2.24) is 0 Å². The highest BCUT2D eigenvalue weighted by molar-refractivity contribution is 5.38. The van der Waals surface area contributed by atoms with Gasteiger partial charge in [-0.3, -0.25) is 0 Å². The van der Waals surface area contributed by atoms with Gasteiger partial charge in [0.05, 0.1) is 12.1 Å². The third kappa shape index (κ3) is 1.45. The van der Waals surface area contributed by atoms with Crippen LogP contribution in [-0.2, 0) is 12.0 Å². The van der Waals surface area contributed by atoms with Crippen LogP contribution in [0.1, 0.15) is 29.5 Å². The molecule has 76 valence electrons. The van der Waals surface area contributed by atoms with E-state index in [1.165, 1.54) is 11.1 Å². The molecule has 3 N–H and O–H groups in total. The first kappa shape index (κ1) is 9.69. The van der Waals surface area contributed by atoms with Crippen molar-refractivity contribution in [3.8, 4) is 0 Å². The summed E-state index contributed by atoms with van der Waals surface area (Å²) in [6, 6.07) is 6.37. The fraction of sp³-hybridized carbons (Fsp3) is 0.500. The van der Waals surface area contributed by atoms with Crippen LogP contribution < -0.4 is 5.73 Å². The van der Waals surface area contributed by atoms with E-state index in [0.717, 1.165) is 24.8 Å². The summed E-state index contributed by atoms with van der Waals surface area (Å²) in [5.74, 6) is 0. The Labute approximate surface area is 84.7 Å². The van der Waals surface area contributed by atoms with Crippen LogP contribution >= 0.6 is 0 Å². The second-order valence-electron chi connectivity index (χ2n) is 4.33. The van der Waals surface area contributed by atoms with Crippen molar-refractivity contribution in [2.45, 2.75) is 31.7 Å². The van der Waals surface area contributed by atoms with Crippen molar-refractivity contribution in [2.75, 3.05) is 6.61 Å². The van der Waals surface area contributed by atoms with Gasteiger partial charge in [0.1, 0.15) is 0 Å². The van der Waals surface area contributed by atoms with Crippen LogP contribution in [0, 0.1) is 6.92 Å². The predicted octanol–water partition coefficient (Wildman–Crippen LogP) is 1.48. The first-order chi connectivity index (χ1) is 6.65. The Bertz CT molecular complexity index is 348. The number of hydrogen-bond donors (Lipinski definition) is 2. The number of rotatable bonds is 1. The van der Waals surface area contributed by atoms with Gasteiger partial charge in [0.15, 0.2) is 0 Å². The van der Waals surface area contributed by atoms with Crippen molar-refractivity contribution in [1.29, 1.82) is 0 Å². The number of benzene rings is 1. The molecule has 14 heavy (non-hydrogen) atoms. The molecular formula is C12H17NO. The van der Waals surface area contributed by atoms with Gasteiger partial charge in [-0.2, -0.15) is 0 Å². The average molecular weight is 191 g/mol. The molecular weight excluding hydrogens is 174 g/mol. The molecule has 1 atom stereocenters. The van der Waals surface area contributed by atoms with Gasteiger partial charge in [0.2, 0.25) is 0 Å². The summed E-state index contributed by atoms with van der Waals surface area (Å²) in [5.41, 5.74) is 9.35. The van der Waals surface area contributed by atoms with E-state index >= 15 is 0 Å². The quantitative estimate of drug-likeness (QED) is 0.706.